The Morgan fingerprint density at radius 1 is 0.769 bits per heavy atom. The lowest BCUT2D eigenvalue weighted by molar-refractivity contribution is -0.838. The lowest BCUT2D eigenvalue weighted by Crippen LogP contribution is -2.35. The molecule has 0 heterocycles. The van der Waals surface area contributed by atoms with Crippen LogP contribution < -0.4 is 0 Å². The molecule has 0 bridgehead atoms. The summed E-state index contributed by atoms with van der Waals surface area (Å²) in [7, 11) is 0.286. The van der Waals surface area contributed by atoms with Crippen molar-refractivity contribution < 1.29 is 17.5 Å². The van der Waals surface area contributed by atoms with E-state index in [4.69, 9.17) is 4.55 Å². The van der Waals surface area contributed by atoms with Crippen LogP contribution in [0.15, 0.2) is 12.3 Å². The first-order valence-electron chi connectivity index (χ1n) is 10.7. The number of unbranched alkanes of at least 4 members (excludes halogenated alkanes) is 12. The van der Waals surface area contributed by atoms with E-state index in [9.17, 15) is 8.42 Å². The van der Waals surface area contributed by atoms with E-state index >= 15 is 0 Å². The Kier molecular flexibility index (Phi) is 15.4. The van der Waals surface area contributed by atoms with Crippen molar-refractivity contribution >= 4 is 10.1 Å². The van der Waals surface area contributed by atoms with Crippen LogP contribution in [0, 0.1) is 0 Å². The van der Waals surface area contributed by atoms with Crippen molar-refractivity contribution in [2.75, 3.05) is 26.4 Å². The molecule has 0 radical (unpaired) electrons. The molecule has 156 valence electrons. The van der Waals surface area contributed by atoms with Crippen LogP contribution in [0.5, 0.6) is 0 Å². The first-order chi connectivity index (χ1) is 12.3. The molecule has 0 unspecified atom stereocenters. The van der Waals surface area contributed by atoms with E-state index in [1.165, 1.54) is 77.0 Å². The van der Waals surface area contributed by atoms with Crippen LogP contribution in [0.25, 0.3) is 0 Å². The predicted molar refractivity (Wildman–Crippen MR) is 113 cm³/mol. The zero-order chi connectivity index (χ0) is 19.7. The summed E-state index contributed by atoms with van der Waals surface area (Å²) < 4.78 is 30.9. The molecule has 0 rings (SSSR count). The molecule has 5 heteroatoms. The fourth-order valence-electron chi connectivity index (χ4n) is 3.19. The Labute approximate surface area is 163 Å². The van der Waals surface area contributed by atoms with Crippen LogP contribution >= 0.6 is 0 Å². The third kappa shape index (κ3) is 19.9. The summed E-state index contributed by atoms with van der Waals surface area (Å²) in [6.45, 7) is 2.98. The van der Waals surface area contributed by atoms with E-state index in [-0.39, 0.29) is 5.75 Å². The van der Waals surface area contributed by atoms with Crippen LogP contribution in [0.3, 0.4) is 0 Å². The normalized spacial score (nSPS) is 12.9. The van der Waals surface area contributed by atoms with Crippen molar-refractivity contribution in [2.45, 2.75) is 96.8 Å². The second kappa shape index (κ2) is 15.6. The second-order valence-electron chi connectivity index (χ2n) is 8.20. The minimum absolute atomic E-state index is 0.152. The molecular formula is C21H44NO3S+. The fraction of sp³-hybridized carbons (Fsp3) is 0.905. The highest BCUT2D eigenvalue weighted by molar-refractivity contribution is 7.85. The van der Waals surface area contributed by atoms with E-state index in [0.29, 0.717) is 17.4 Å². The molecule has 26 heavy (non-hydrogen) atoms. The molecule has 0 spiro atoms. The van der Waals surface area contributed by atoms with Gasteiger partial charge in [-0.2, -0.15) is 8.42 Å². The monoisotopic (exact) mass is 390 g/mol. The lowest BCUT2D eigenvalue weighted by atomic mass is 10.0. The summed E-state index contributed by atoms with van der Waals surface area (Å²) in [5, 5.41) is 0. The van der Waals surface area contributed by atoms with Crippen molar-refractivity contribution in [2.24, 2.45) is 0 Å². The van der Waals surface area contributed by atoms with Crippen molar-refractivity contribution in [3.63, 3.8) is 0 Å². The summed E-state index contributed by atoms with van der Waals surface area (Å²) in [4.78, 5) is 0. The van der Waals surface area contributed by atoms with Gasteiger partial charge in [-0.25, -0.2) is 0 Å². The zero-order valence-electron chi connectivity index (χ0n) is 17.6. The van der Waals surface area contributed by atoms with Gasteiger partial charge in [-0.1, -0.05) is 77.6 Å². The van der Waals surface area contributed by atoms with Crippen LogP contribution in [-0.2, 0) is 10.1 Å². The third-order valence-electron chi connectivity index (χ3n) is 4.87. The maximum Gasteiger partial charge on any atom is 0.265 e. The van der Waals surface area contributed by atoms with Gasteiger partial charge in [0, 0.05) is 6.42 Å². The van der Waals surface area contributed by atoms with Crippen molar-refractivity contribution in [1.82, 2.24) is 0 Å². The average Bonchev–Trinajstić information content (AvgIpc) is 2.53. The van der Waals surface area contributed by atoms with Crippen LogP contribution in [0.4, 0.5) is 0 Å². The first-order valence-corrected chi connectivity index (χ1v) is 12.3. The number of hydrogen-bond donors (Lipinski definition) is 1. The Hall–Kier alpha value is -0.390. The van der Waals surface area contributed by atoms with Crippen LogP contribution in [0.1, 0.15) is 96.8 Å². The molecule has 0 saturated carbocycles. The Bertz CT molecular complexity index is 444. The van der Waals surface area contributed by atoms with Gasteiger partial charge in [0.15, 0.2) is 0 Å². The summed E-state index contributed by atoms with van der Waals surface area (Å²) in [6, 6.07) is 0. The summed E-state index contributed by atoms with van der Waals surface area (Å²) in [5.41, 5.74) is 0. The fourth-order valence-corrected chi connectivity index (χ4v) is 3.69. The van der Waals surface area contributed by atoms with Gasteiger partial charge in [-0.15, -0.1) is 0 Å². The topological polar surface area (TPSA) is 54.4 Å². The molecule has 1 N–H and O–H groups in total. The highest BCUT2D eigenvalue weighted by Crippen LogP contribution is 2.13. The summed E-state index contributed by atoms with van der Waals surface area (Å²) >= 11 is 0. The maximum atomic E-state index is 10.7. The number of nitrogens with zero attached hydrogens (tertiary/aromatic N) is 1. The van der Waals surface area contributed by atoms with Gasteiger partial charge in [0.2, 0.25) is 0 Å². The first kappa shape index (κ1) is 25.6. The molecule has 0 amide bonds. The number of allylic oxidation sites excluding steroid dienone is 1. The largest absolute Gasteiger partial charge is 0.302 e. The quantitative estimate of drug-likeness (QED) is 0.179. The van der Waals surface area contributed by atoms with Gasteiger partial charge in [0.25, 0.3) is 10.1 Å². The summed E-state index contributed by atoms with van der Waals surface area (Å²) in [6.07, 6.45) is 22.4. The SMILES string of the molecule is CCCCCCCCCCCCCCC=C[N+](C)(C)CCCS(=O)(=O)O. The number of quaternary nitrogens is 1. The molecule has 0 aromatic carbocycles. The van der Waals surface area contributed by atoms with Crippen molar-refractivity contribution in [3.8, 4) is 0 Å². The minimum Gasteiger partial charge on any atom is -0.302 e. The Morgan fingerprint density at radius 3 is 1.69 bits per heavy atom. The van der Waals surface area contributed by atoms with E-state index in [1.54, 1.807) is 0 Å². The minimum atomic E-state index is -3.83. The lowest BCUT2D eigenvalue weighted by Gasteiger charge is -2.24. The van der Waals surface area contributed by atoms with Gasteiger partial charge in [-0.3, -0.25) is 4.55 Å². The van der Waals surface area contributed by atoms with Gasteiger partial charge >= 0.3 is 0 Å². The highest BCUT2D eigenvalue weighted by Gasteiger charge is 2.13. The van der Waals surface area contributed by atoms with E-state index in [0.717, 1.165) is 6.42 Å². The maximum absolute atomic E-state index is 10.7. The standard InChI is InChI=1S/C21H43NO3S/c1-4-5-6-7-8-9-10-11-12-13-14-15-16-17-19-22(2,3)20-18-21-26(23,24)25/h17,19H,4-16,18,20-21H2,1-3H3/p+1. The number of rotatable bonds is 18. The molecule has 0 aliphatic rings. The summed E-state index contributed by atoms with van der Waals surface area (Å²) in [5.74, 6) is -0.152. The molecule has 0 fully saturated rings. The van der Waals surface area contributed by atoms with E-state index < -0.39 is 10.1 Å². The predicted octanol–water partition coefficient (Wildman–Crippen LogP) is 5.95. The molecule has 4 nitrogen and oxygen atoms in total. The van der Waals surface area contributed by atoms with Gasteiger partial charge in [-0.05, 0) is 18.9 Å². The second-order valence-corrected chi connectivity index (χ2v) is 9.78. The smallest absolute Gasteiger partial charge is 0.265 e. The Balaban J connectivity index is 3.46. The third-order valence-corrected chi connectivity index (χ3v) is 5.67. The van der Waals surface area contributed by atoms with Crippen molar-refractivity contribution in [3.05, 3.63) is 12.3 Å². The van der Waals surface area contributed by atoms with E-state index in [2.05, 4.69) is 33.3 Å². The van der Waals surface area contributed by atoms with Crippen molar-refractivity contribution in [1.29, 1.82) is 0 Å². The Morgan fingerprint density at radius 2 is 1.23 bits per heavy atom. The molecule has 0 aromatic heterocycles. The van der Waals surface area contributed by atoms with Gasteiger partial charge in [0.1, 0.15) is 0 Å². The van der Waals surface area contributed by atoms with Crippen LogP contribution in [0.2, 0.25) is 0 Å². The highest BCUT2D eigenvalue weighted by atomic mass is 32.2. The van der Waals surface area contributed by atoms with E-state index in [1.807, 2.05) is 0 Å². The van der Waals surface area contributed by atoms with Gasteiger partial charge < -0.3 is 4.48 Å². The molecule has 0 saturated heterocycles. The zero-order valence-corrected chi connectivity index (χ0v) is 18.4. The molecule has 0 atom stereocenters. The average molecular weight is 391 g/mol. The van der Waals surface area contributed by atoms with Crippen LogP contribution in [-0.4, -0.2) is 43.8 Å². The molecule has 0 aromatic rings. The van der Waals surface area contributed by atoms with Gasteiger partial charge in [0.05, 0.1) is 32.6 Å². The molecular weight excluding hydrogens is 346 g/mol. The molecule has 0 aliphatic heterocycles. The number of hydrogen-bond acceptors (Lipinski definition) is 2. The molecule has 0 aliphatic carbocycles.